The highest BCUT2D eigenvalue weighted by atomic mass is 16.4. The van der Waals surface area contributed by atoms with Gasteiger partial charge in [0.1, 0.15) is 6.04 Å². The van der Waals surface area contributed by atoms with Crippen LogP contribution < -0.4 is 21.3 Å². The Balaban J connectivity index is 1.13. The van der Waals surface area contributed by atoms with E-state index in [2.05, 4.69) is 41.9 Å². The first-order valence-corrected chi connectivity index (χ1v) is 17.1. The Bertz CT molecular complexity index is 1800. The maximum absolute atomic E-state index is 13.7. The fraction of sp³-hybridized carbons (Fsp3) is 0.378. The SMILES string of the molecule is Cc1cc(C(=O)NC2CCC2)ccc1-c1ccc(C[C@H](NC(=O)[C@H]2CC[C@H](CNC(=O)O)CC2)C(=O)Nc2ccc(-c3nnn[nH]3)cc2)cc1. The number of carbonyl (C=O) groups excluding carboxylic acids is 3. The lowest BCUT2D eigenvalue weighted by Crippen LogP contribution is -2.48. The Labute approximate surface area is 290 Å². The summed E-state index contributed by atoms with van der Waals surface area (Å²) in [5, 5.41) is 34.2. The summed E-state index contributed by atoms with van der Waals surface area (Å²) < 4.78 is 0. The summed E-state index contributed by atoms with van der Waals surface area (Å²) in [6, 6.07) is 20.1. The minimum absolute atomic E-state index is 0.0441. The summed E-state index contributed by atoms with van der Waals surface area (Å²) in [5.41, 5.74) is 5.83. The molecule has 0 bridgehead atoms. The summed E-state index contributed by atoms with van der Waals surface area (Å²) in [6.07, 6.45) is 5.16. The molecule has 260 valence electrons. The lowest BCUT2D eigenvalue weighted by Gasteiger charge is -2.29. The van der Waals surface area contributed by atoms with Gasteiger partial charge in [0, 0.05) is 41.7 Å². The van der Waals surface area contributed by atoms with Crippen molar-refractivity contribution < 1.29 is 24.3 Å². The van der Waals surface area contributed by atoms with Crippen molar-refractivity contribution in [1.29, 1.82) is 0 Å². The molecule has 2 aliphatic carbocycles. The van der Waals surface area contributed by atoms with Crippen LogP contribution in [0.5, 0.6) is 0 Å². The van der Waals surface area contributed by atoms with Crippen molar-refractivity contribution in [2.45, 2.75) is 70.4 Å². The molecule has 0 radical (unpaired) electrons. The molecule has 3 aromatic carbocycles. The summed E-state index contributed by atoms with van der Waals surface area (Å²) in [7, 11) is 0. The van der Waals surface area contributed by atoms with E-state index in [4.69, 9.17) is 5.11 Å². The normalized spacial score (nSPS) is 17.9. The van der Waals surface area contributed by atoms with Crippen LogP contribution in [0.1, 0.15) is 66.4 Å². The molecule has 0 unspecified atom stereocenters. The molecule has 13 nitrogen and oxygen atoms in total. The largest absolute Gasteiger partial charge is 0.465 e. The van der Waals surface area contributed by atoms with Gasteiger partial charge in [-0.05, 0) is 127 Å². The molecule has 0 spiro atoms. The minimum atomic E-state index is -1.05. The van der Waals surface area contributed by atoms with Crippen molar-refractivity contribution in [3.05, 3.63) is 83.4 Å². The summed E-state index contributed by atoms with van der Waals surface area (Å²) in [5.74, 6) is -0.139. The number of tetrazole rings is 1. The zero-order valence-corrected chi connectivity index (χ0v) is 27.9. The van der Waals surface area contributed by atoms with E-state index in [1.165, 1.54) is 0 Å². The second-order valence-electron chi connectivity index (χ2n) is 13.3. The summed E-state index contributed by atoms with van der Waals surface area (Å²) >= 11 is 0. The van der Waals surface area contributed by atoms with Crippen molar-refractivity contribution in [2.24, 2.45) is 11.8 Å². The third-order valence-corrected chi connectivity index (χ3v) is 9.80. The van der Waals surface area contributed by atoms with Gasteiger partial charge in [0.25, 0.3) is 5.91 Å². The molecule has 1 heterocycles. The first kappa shape index (κ1) is 34.3. The van der Waals surface area contributed by atoms with Gasteiger partial charge in [-0.15, -0.1) is 5.10 Å². The van der Waals surface area contributed by atoms with E-state index in [1.54, 1.807) is 24.3 Å². The maximum Gasteiger partial charge on any atom is 0.404 e. The van der Waals surface area contributed by atoms with E-state index >= 15 is 0 Å². The van der Waals surface area contributed by atoms with Crippen LogP contribution in [0.4, 0.5) is 10.5 Å². The molecule has 2 fully saturated rings. The average Bonchev–Trinajstić information content (AvgIpc) is 3.65. The zero-order chi connectivity index (χ0) is 35.0. The van der Waals surface area contributed by atoms with E-state index < -0.39 is 12.1 Å². The monoisotopic (exact) mass is 678 g/mol. The van der Waals surface area contributed by atoms with Crippen LogP contribution in [0.2, 0.25) is 0 Å². The van der Waals surface area contributed by atoms with Gasteiger partial charge in [-0.25, -0.2) is 9.89 Å². The molecular weight excluding hydrogens is 636 g/mol. The molecule has 2 saturated carbocycles. The van der Waals surface area contributed by atoms with Gasteiger partial charge < -0.3 is 26.4 Å². The van der Waals surface area contributed by atoms with Gasteiger partial charge in [0.15, 0.2) is 5.82 Å². The molecule has 6 N–H and O–H groups in total. The molecule has 13 heteroatoms. The Hall–Kier alpha value is -5.59. The number of hydrogen-bond acceptors (Lipinski definition) is 7. The molecular formula is C37H42N8O5. The number of amides is 4. The Morgan fingerprint density at radius 3 is 2.24 bits per heavy atom. The number of nitrogens with one attached hydrogen (secondary N) is 5. The van der Waals surface area contributed by atoms with Gasteiger partial charge in [-0.3, -0.25) is 14.4 Å². The third kappa shape index (κ3) is 8.70. The molecule has 6 rings (SSSR count). The summed E-state index contributed by atoms with van der Waals surface area (Å²) in [6.45, 7) is 2.36. The predicted octanol–water partition coefficient (Wildman–Crippen LogP) is 4.86. The number of benzene rings is 3. The third-order valence-electron chi connectivity index (χ3n) is 9.80. The van der Waals surface area contributed by atoms with Crippen LogP contribution in [0.3, 0.4) is 0 Å². The van der Waals surface area contributed by atoms with Gasteiger partial charge in [-0.2, -0.15) is 0 Å². The number of hydrogen-bond donors (Lipinski definition) is 6. The Kier molecular flexibility index (Phi) is 10.8. The topological polar surface area (TPSA) is 191 Å². The van der Waals surface area contributed by atoms with Gasteiger partial charge in [0.05, 0.1) is 0 Å². The fourth-order valence-corrected chi connectivity index (χ4v) is 6.59. The molecule has 2 aliphatic rings. The van der Waals surface area contributed by atoms with E-state index in [0.29, 0.717) is 36.5 Å². The number of rotatable bonds is 12. The van der Waals surface area contributed by atoms with E-state index in [1.807, 2.05) is 49.4 Å². The van der Waals surface area contributed by atoms with E-state index in [0.717, 1.165) is 59.9 Å². The van der Waals surface area contributed by atoms with E-state index in [-0.39, 0.29) is 42.0 Å². The molecule has 50 heavy (non-hydrogen) atoms. The number of carbonyl (C=O) groups is 4. The van der Waals surface area contributed by atoms with Gasteiger partial charge in [0.2, 0.25) is 11.8 Å². The highest BCUT2D eigenvalue weighted by molar-refractivity contribution is 5.98. The Morgan fingerprint density at radius 2 is 1.62 bits per heavy atom. The second-order valence-corrected chi connectivity index (χ2v) is 13.3. The second kappa shape index (κ2) is 15.7. The zero-order valence-electron chi connectivity index (χ0n) is 27.9. The van der Waals surface area contributed by atoms with Crippen molar-refractivity contribution in [3.8, 4) is 22.5 Å². The van der Waals surface area contributed by atoms with Crippen LogP contribution in [-0.2, 0) is 16.0 Å². The van der Waals surface area contributed by atoms with Crippen molar-refractivity contribution in [1.82, 2.24) is 36.6 Å². The van der Waals surface area contributed by atoms with Crippen LogP contribution >= 0.6 is 0 Å². The number of carboxylic acid groups (broad SMARTS) is 1. The fourth-order valence-electron chi connectivity index (χ4n) is 6.59. The molecule has 4 aromatic rings. The lowest BCUT2D eigenvalue weighted by atomic mass is 9.81. The van der Waals surface area contributed by atoms with Crippen molar-refractivity contribution in [2.75, 3.05) is 11.9 Å². The molecule has 0 saturated heterocycles. The number of aryl methyl sites for hydroxylation is 1. The number of H-pyrrole nitrogens is 1. The van der Waals surface area contributed by atoms with Crippen molar-refractivity contribution >= 4 is 29.5 Å². The minimum Gasteiger partial charge on any atom is -0.465 e. The molecule has 1 aromatic heterocycles. The maximum atomic E-state index is 13.7. The van der Waals surface area contributed by atoms with Crippen LogP contribution in [0.25, 0.3) is 22.5 Å². The standard InChI is InChI=1S/C37H42N8O5/c1-22-19-28(35(47)39-29-3-2-4-29)15-18-31(22)25-9-5-23(6-10-25)20-32(41-34(46)27-11-7-24(8-12-27)21-38-37(49)50)36(48)40-30-16-13-26(14-17-30)33-42-44-45-43-33/h5-6,9-10,13-19,24,27,29,32,38H,2-4,7-8,11-12,20-21H2,1H3,(H,39,47)(H,40,48)(H,41,46)(H,49,50)(H,42,43,44,45)/t24-,27-,32-/m0/s1. The average molecular weight is 679 g/mol. The quantitative estimate of drug-likeness (QED) is 0.122. The number of anilines is 1. The first-order valence-electron chi connectivity index (χ1n) is 17.1. The molecule has 1 atom stereocenters. The number of nitrogens with zero attached hydrogens (tertiary/aromatic N) is 3. The number of aromatic amines is 1. The predicted molar refractivity (Wildman–Crippen MR) is 187 cm³/mol. The highest BCUT2D eigenvalue weighted by Crippen LogP contribution is 2.29. The van der Waals surface area contributed by atoms with Crippen LogP contribution in [0.15, 0.2) is 66.7 Å². The smallest absolute Gasteiger partial charge is 0.404 e. The van der Waals surface area contributed by atoms with Gasteiger partial charge in [-0.1, -0.05) is 30.3 Å². The highest BCUT2D eigenvalue weighted by Gasteiger charge is 2.30. The van der Waals surface area contributed by atoms with E-state index in [9.17, 15) is 19.2 Å². The van der Waals surface area contributed by atoms with Gasteiger partial charge >= 0.3 is 6.09 Å². The van der Waals surface area contributed by atoms with Crippen LogP contribution in [-0.4, -0.2) is 68.2 Å². The molecule has 0 aliphatic heterocycles. The lowest BCUT2D eigenvalue weighted by molar-refractivity contribution is -0.130. The number of aromatic nitrogens is 4. The molecule has 4 amide bonds. The van der Waals surface area contributed by atoms with Crippen LogP contribution in [0, 0.1) is 18.8 Å². The Morgan fingerprint density at radius 1 is 0.900 bits per heavy atom. The van der Waals surface area contributed by atoms with Crippen molar-refractivity contribution in [3.63, 3.8) is 0 Å². The first-order chi connectivity index (χ1) is 24.2. The summed E-state index contributed by atoms with van der Waals surface area (Å²) in [4.78, 5) is 50.7.